The van der Waals surface area contributed by atoms with Crippen LogP contribution in [-0.4, -0.2) is 16.8 Å². The molecule has 1 aromatic carbocycles. The average molecular weight is 245 g/mol. The van der Waals surface area contributed by atoms with Gasteiger partial charge in [0.25, 0.3) is 0 Å². The van der Waals surface area contributed by atoms with Crippen LogP contribution in [0.15, 0.2) is 18.2 Å². The summed E-state index contributed by atoms with van der Waals surface area (Å²) in [5.74, 6) is 0.373. The largest absolute Gasteiger partial charge is 0.293 e. The third-order valence-corrected chi connectivity index (χ3v) is 4.03. The molecule has 0 aliphatic carbocycles. The van der Waals surface area contributed by atoms with Crippen molar-refractivity contribution in [3.05, 3.63) is 34.6 Å². The second kappa shape index (κ2) is 4.54. The first kappa shape index (κ1) is 11.0. The average Bonchev–Trinajstić information content (AvgIpc) is 2.69. The van der Waals surface area contributed by atoms with E-state index in [1.807, 2.05) is 0 Å². The van der Waals surface area contributed by atoms with Crippen molar-refractivity contribution in [2.45, 2.75) is 18.1 Å². The highest BCUT2D eigenvalue weighted by molar-refractivity contribution is 8.00. The predicted molar refractivity (Wildman–Crippen MR) is 61.2 cm³/mol. The second-order valence-electron chi connectivity index (χ2n) is 3.49. The first-order valence-electron chi connectivity index (χ1n) is 4.79. The summed E-state index contributed by atoms with van der Waals surface area (Å²) in [6.07, 6.45) is 1.89. The number of hydrogen-bond acceptors (Lipinski definition) is 2. The van der Waals surface area contributed by atoms with Gasteiger partial charge < -0.3 is 0 Å². The van der Waals surface area contributed by atoms with Gasteiger partial charge in [0.15, 0.2) is 5.78 Å². The molecule has 0 aromatic heterocycles. The second-order valence-corrected chi connectivity index (χ2v) is 5.24. The fourth-order valence-electron chi connectivity index (χ4n) is 1.65. The molecule has 1 fully saturated rings. The Bertz CT molecular complexity index is 388. The fraction of sp³-hybridized carbons (Fsp3) is 0.364. The number of carbonyl (C=O) groups is 1. The van der Waals surface area contributed by atoms with E-state index in [0.717, 1.165) is 18.6 Å². The topological polar surface area (TPSA) is 17.1 Å². The molecule has 0 radical (unpaired) electrons. The van der Waals surface area contributed by atoms with Crippen molar-refractivity contribution in [3.8, 4) is 0 Å². The van der Waals surface area contributed by atoms with Crippen LogP contribution in [0.3, 0.4) is 0 Å². The molecule has 1 nitrogen and oxygen atoms in total. The fourth-order valence-corrected chi connectivity index (χ4v) is 3.04. The Morgan fingerprint density at radius 1 is 1.53 bits per heavy atom. The van der Waals surface area contributed by atoms with Crippen molar-refractivity contribution in [1.29, 1.82) is 0 Å². The molecular formula is C11H10ClFOS. The van der Waals surface area contributed by atoms with E-state index in [1.165, 1.54) is 12.1 Å². The van der Waals surface area contributed by atoms with Crippen molar-refractivity contribution < 1.29 is 9.18 Å². The summed E-state index contributed by atoms with van der Waals surface area (Å²) in [7, 11) is 0. The lowest BCUT2D eigenvalue weighted by molar-refractivity contribution is 0.0984. The molecule has 1 heterocycles. The summed E-state index contributed by atoms with van der Waals surface area (Å²) in [5, 5.41) is 0.254. The van der Waals surface area contributed by atoms with E-state index in [9.17, 15) is 9.18 Å². The van der Waals surface area contributed by atoms with E-state index in [0.29, 0.717) is 5.02 Å². The van der Waals surface area contributed by atoms with Gasteiger partial charge in [-0.1, -0.05) is 11.6 Å². The summed E-state index contributed by atoms with van der Waals surface area (Å²) in [6, 6.07) is 4.21. The number of hydrogen-bond donors (Lipinski definition) is 0. The lowest BCUT2D eigenvalue weighted by Crippen LogP contribution is -2.15. The summed E-state index contributed by atoms with van der Waals surface area (Å²) >= 11 is 7.23. The molecule has 2 rings (SSSR count). The number of halogens is 2. The van der Waals surface area contributed by atoms with Crippen molar-refractivity contribution in [2.24, 2.45) is 0 Å². The van der Waals surface area contributed by atoms with Gasteiger partial charge in [0.1, 0.15) is 5.82 Å². The highest BCUT2D eigenvalue weighted by atomic mass is 35.5. The first-order chi connectivity index (χ1) is 7.18. The number of ketones is 1. The molecule has 1 aliphatic rings. The smallest absolute Gasteiger partial charge is 0.178 e. The normalized spacial score (nSPS) is 20.5. The van der Waals surface area contributed by atoms with Crippen LogP contribution in [-0.2, 0) is 0 Å². The molecule has 15 heavy (non-hydrogen) atoms. The minimum atomic E-state index is -0.514. The van der Waals surface area contributed by atoms with E-state index in [4.69, 9.17) is 11.6 Å². The molecule has 0 N–H and O–H groups in total. The molecule has 0 saturated carbocycles. The van der Waals surface area contributed by atoms with E-state index in [1.54, 1.807) is 17.8 Å². The van der Waals surface area contributed by atoms with Gasteiger partial charge in [0, 0.05) is 5.02 Å². The van der Waals surface area contributed by atoms with Crippen LogP contribution in [0.2, 0.25) is 5.02 Å². The van der Waals surface area contributed by atoms with Gasteiger partial charge in [0.05, 0.1) is 10.8 Å². The number of Topliss-reactive ketones (excluding diaryl/α,β-unsaturated/α-hetero) is 1. The van der Waals surface area contributed by atoms with Gasteiger partial charge in [-0.3, -0.25) is 4.79 Å². The molecule has 1 atom stereocenters. The minimum absolute atomic E-state index is 0.0688. The summed E-state index contributed by atoms with van der Waals surface area (Å²) in [4.78, 5) is 11.9. The maximum atomic E-state index is 13.4. The maximum Gasteiger partial charge on any atom is 0.178 e. The molecule has 1 aliphatic heterocycles. The van der Waals surface area contributed by atoms with Crippen LogP contribution < -0.4 is 0 Å². The number of benzene rings is 1. The summed E-state index contributed by atoms with van der Waals surface area (Å²) < 4.78 is 13.4. The Morgan fingerprint density at radius 2 is 2.33 bits per heavy atom. The molecule has 0 spiro atoms. The Morgan fingerprint density at radius 3 is 2.93 bits per heavy atom. The molecule has 4 heteroatoms. The van der Waals surface area contributed by atoms with E-state index in [-0.39, 0.29) is 16.6 Å². The van der Waals surface area contributed by atoms with Crippen molar-refractivity contribution in [2.75, 3.05) is 5.75 Å². The molecule has 1 aromatic rings. The zero-order valence-corrected chi connectivity index (χ0v) is 9.58. The van der Waals surface area contributed by atoms with Crippen molar-refractivity contribution in [3.63, 3.8) is 0 Å². The SMILES string of the molecule is O=C(c1ccc(Cl)cc1F)C1CCCS1. The zero-order valence-electron chi connectivity index (χ0n) is 8.00. The van der Waals surface area contributed by atoms with Gasteiger partial charge in [0.2, 0.25) is 0 Å². The lowest BCUT2D eigenvalue weighted by Gasteiger charge is -2.08. The molecule has 1 saturated heterocycles. The van der Waals surface area contributed by atoms with E-state index in [2.05, 4.69) is 0 Å². The number of thioether (sulfide) groups is 1. The molecule has 1 unspecified atom stereocenters. The third kappa shape index (κ3) is 2.34. The first-order valence-corrected chi connectivity index (χ1v) is 6.22. The van der Waals surface area contributed by atoms with Gasteiger partial charge >= 0.3 is 0 Å². The van der Waals surface area contributed by atoms with E-state index >= 15 is 0 Å². The monoisotopic (exact) mass is 244 g/mol. The summed E-state index contributed by atoms with van der Waals surface area (Å²) in [5.41, 5.74) is 0.166. The minimum Gasteiger partial charge on any atom is -0.293 e. The van der Waals surface area contributed by atoms with Crippen LogP contribution in [0.25, 0.3) is 0 Å². The van der Waals surface area contributed by atoms with Crippen LogP contribution in [0.4, 0.5) is 4.39 Å². The predicted octanol–water partition coefficient (Wildman–Crippen LogP) is 3.56. The number of carbonyl (C=O) groups excluding carboxylic acids is 1. The Hall–Kier alpha value is -0.540. The molecule has 0 bridgehead atoms. The van der Waals surface area contributed by atoms with Gasteiger partial charge in [-0.05, 0) is 36.8 Å². The van der Waals surface area contributed by atoms with Crippen molar-refractivity contribution >= 4 is 29.1 Å². The molecule has 0 amide bonds. The van der Waals surface area contributed by atoms with Crippen LogP contribution >= 0.6 is 23.4 Å². The number of rotatable bonds is 2. The highest BCUT2D eigenvalue weighted by Crippen LogP contribution is 2.30. The third-order valence-electron chi connectivity index (χ3n) is 2.42. The summed E-state index contributed by atoms with van der Waals surface area (Å²) in [6.45, 7) is 0. The van der Waals surface area contributed by atoms with Crippen LogP contribution in [0.5, 0.6) is 0 Å². The Labute approximate surface area is 97.0 Å². The van der Waals surface area contributed by atoms with Gasteiger partial charge in [-0.2, -0.15) is 11.8 Å². The van der Waals surface area contributed by atoms with Crippen LogP contribution in [0, 0.1) is 5.82 Å². The van der Waals surface area contributed by atoms with Crippen LogP contribution in [0.1, 0.15) is 23.2 Å². The quantitative estimate of drug-likeness (QED) is 0.740. The van der Waals surface area contributed by atoms with Crippen molar-refractivity contribution in [1.82, 2.24) is 0 Å². The Balaban J connectivity index is 2.24. The standard InChI is InChI=1S/C11H10ClFOS/c12-7-3-4-8(9(13)6-7)11(14)10-2-1-5-15-10/h3-4,6,10H,1-2,5H2. The highest BCUT2D eigenvalue weighted by Gasteiger charge is 2.26. The Kier molecular flexibility index (Phi) is 3.32. The molecule has 80 valence electrons. The maximum absolute atomic E-state index is 13.4. The van der Waals surface area contributed by atoms with E-state index < -0.39 is 5.82 Å². The zero-order chi connectivity index (χ0) is 10.8. The van der Waals surface area contributed by atoms with Gasteiger partial charge in [-0.25, -0.2) is 4.39 Å². The molecular weight excluding hydrogens is 235 g/mol. The van der Waals surface area contributed by atoms with Gasteiger partial charge in [-0.15, -0.1) is 0 Å². The lowest BCUT2D eigenvalue weighted by atomic mass is 10.1.